The molecule has 1 aromatic carbocycles. The Morgan fingerprint density at radius 3 is 2.21 bits per heavy atom. The molecule has 0 aliphatic heterocycles. The average molecular weight is 213 g/mol. The fourth-order valence-corrected chi connectivity index (χ4v) is 1.82. The summed E-state index contributed by atoms with van der Waals surface area (Å²) in [6, 6.07) is 7.15. The molecular formula is C8H7NO4S. The van der Waals surface area contributed by atoms with Crippen molar-refractivity contribution in [2.24, 2.45) is 0 Å². The third-order valence-electron chi connectivity index (χ3n) is 1.57. The van der Waals surface area contributed by atoms with Crippen molar-refractivity contribution in [2.45, 2.75) is 4.90 Å². The highest BCUT2D eigenvalue weighted by molar-refractivity contribution is 7.95. The molecule has 0 radical (unpaired) electrons. The smallest absolute Gasteiger partial charge is 0.258 e. The molecule has 14 heavy (non-hydrogen) atoms. The molecule has 1 rings (SSSR count). The second-order valence-electron chi connectivity index (χ2n) is 2.47. The molecule has 0 amide bonds. The summed E-state index contributed by atoms with van der Waals surface area (Å²) in [7, 11) is -4.03. The van der Waals surface area contributed by atoms with Crippen molar-refractivity contribution in [3.05, 3.63) is 52.1 Å². The van der Waals surface area contributed by atoms with Crippen molar-refractivity contribution in [3.63, 3.8) is 0 Å². The van der Waals surface area contributed by atoms with Crippen molar-refractivity contribution in [1.82, 2.24) is 0 Å². The highest BCUT2D eigenvalue weighted by Crippen LogP contribution is 2.17. The Morgan fingerprint density at radius 2 is 1.79 bits per heavy atom. The van der Waals surface area contributed by atoms with Crippen LogP contribution in [0.3, 0.4) is 0 Å². The van der Waals surface area contributed by atoms with E-state index in [1.807, 2.05) is 0 Å². The Bertz CT molecular complexity index is 463. The maximum Gasteiger partial charge on any atom is 0.356 e. The minimum atomic E-state index is -4.03. The lowest BCUT2D eigenvalue weighted by Gasteiger charge is -1.99. The Morgan fingerprint density at radius 1 is 1.29 bits per heavy atom. The van der Waals surface area contributed by atoms with Crippen LogP contribution in [0.25, 0.3) is 0 Å². The molecular weight excluding hydrogens is 206 g/mol. The summed E-state index contributed by atoms with van der Waals surface area (Å²) in [6.07, 6.45) is 0. The van der Waals surface area contributed by atoms with Crippen LogP contribution in [0, 0.1) is 10.1 Å². The van der Waals surface area contributed by atoms with Crippen LogP contribution in [0.2, 0.25) is 0 Å². The molecule has 0 fully saturated rings. The SMILES string of the molecule is C=C([N+](=O)[O-])S(=O)(=O)c1ccccc1. The van der Waals surface area contributed by atoms with Crippen LogP contribution in [0.4, 0.5) is 0 Å². The van der Waals surface area contributed by atoms with Crippen molar-refractivity contribution in [1.29, 1.82) is 0 Å². The summed E-state index contributed by atoms with van der Waals surface area (Å²) in [5.74, 6) is 0. The Hall–Kier alpha value is -1.69. The second kappa shape index (κ2) is 3.59. The lowest BCUT2D eigenvalue weighted by atomic mass is 10.4. The topological polar surface area (TPSA) is 77.3 Å². The van der Waals surface area contributed by atoms with Crippen LogP contribution < -0.4 is 0 Å². The van der Waals surface area contributed by atoms with Gasteiger partial charge in [0.2, 0.25) is 0 Å². The standard InChI is InChI=1S/C8H7NO4S/c1-7(9(10)11)14(12,13)8-5-3-2-4-6-8/h2-6H,1H2. The van der Waals surface area contributed by atoms with Crippen molar-refractivity contribution in [3.8, 4) is 0 Å². The zero-order valence-corrected chi connectivity index (χ0v) is 7.90. The van der Waals surface area contributed by atoms with Gasteiger partial charge in [-0.05, 0) is 18.7 Å². The van der Waals surface area contributed by atoms with Gasteiger partial charge in [-0.15, -0.1) is 0 Å². The molecule has 0 aliphatic rings. The fourth-order valence-electron chi connectivity index (χ4n) is 0.834. The first-order chi connectivity index (χ1) is 6.46. The molecule has 0 spiro atoms. The normalized spacial score (nSPS) is 10.9. The van der Waals surface area contributed by atoms with E-state index in [4.69, 9.17) is 0 Å². The first-order valence-electron chi connectivity index (χ1n) is 3.59. The summed E-state index contributed by atoms with van der Waals surface area (Å²) in [6.45, 7) is 2.92. The van der Waals surface area contributed by atoms with Gasteiger partial charge < -0.3 is 0 Å². The van der Waals surface area contributed by atoms with E-state index in [-0.39, 0.29) is 4.90 Å². The summed E-state index contributed by atoms with van der Waals surface area (Å²) in [5, 5.41) is 9.24. The molecule has 0 unspecified atom stereocenters. The molecule has 0 atom stereocenters. The van der Waals surface area contributed by atoms with Crippen LogP contribution in [0.5, 0.6) is 0 Å². The maximum absolute atomic E-state index is 11.4. The fraction of sp³-hybridized carbons (Fsp3) is 0. The predicted octanol–water partition coefficient (Wildman–Crippen LogP) is 1.21. The number of sulfone groups is 1. The van der Waals surface area contributed by atoms with E-state index in [0.717, 1.165) is 0 Å². The van der Waals surface area contributed by atoms with Crippen LogP contribution in [0.1, 0.15) is 0 Å². The number of hydrogen-bond acceptors (Lipinski definition) is 4. The lowest BCUT2D eigenvalue weighted by molar-refractivity contribution is -0.411. The largest absolute Gasteiger partial charge is 0.356 e. The van der Waals surface area contributed by atoms with E-state index in [0.29, 0.717) is 0 Å². The van der Waals surface area contributed by atoms with Gasteiger partial charge in [0.1, 0.15) is 0 Å². The maximum atomic E-state index is 11.4. The average Bonchev–Trinajstić information content (AvgIpc) is 2.18. The quantitative estimate of drug-likeness (QED) is 0.558. The molecule has 1 aromatic rings. The second-order valence-corrected chi connectivity index (χ2v) is 4.42. The lowest BCUT2D eigenvalue weighted by Crippen LogP contribution is -2.10. The Labute approximate surface area is 80.8 Å². The van der Waals surface area contributed by atoms with Gasteiger partial charge in [0, 0.05) is 0 Å². The third-order valence-corrected chi connectivity index (χ3v) is 3.23. The van der Waals surface area contributed by atoms with Gasteiger partial charge in [-0.25, -0.2) is 8.42 Å². The molecule has 74 valence electrons. The Kier molecular flexibility index (Phi) is 2.66. The molecule has 6 heteroatoms. The molecule has 0 aliphatic carbocycles. The van der Waals surface area contributed by atoms with E-state index >= 15 is 0 Å². The zero-order chi connectivity index (χ0) is 10.8. The number of benzene rings is 1. The Balaban J connectivity index is 3.23. The van der Waals surface area contributed by atoms with E-state index in [1.165, 1.54) is 24.3 Å². The third kappa shape index (κ3) is 1.80. The van der Waals surface area contributed by atoms with Gasteiger partial charge in [0.15, 0.2) is 0 Å². The molecule has 0 saturated heterocycles. The van der Waals surface area contributed by atoms with Gasteiger partial charge in [-0.3, -0.25) is 10.1 Å². The van der Waals surface area contributed by atoms with Gasteiger partial charge in [-0.2, -0.15) is 0 Å². The van der Waals surface area contributed by atoms with Crippen LogP contribution >= 0.6 is 0 Å². The van der Waals surface area contributed by atoms with Crippen LogP contribution in [0.15, 0.2) is 46.8 Å². The molecule has 0 bridgehead atoms. The predicted molar refractivity (Wildman–Crippen MR) is 49.8 cm³/mol. The van der Waals surface area contributed by atoms with E-state index in [9.17, 15) is 18.5 Å². The number of rotatable bonds is 3. The summed E-state index contributed by atoms with van der Waals surface area (Å²) in [4.78, 5) is 9.11. The van der Waals surface area contributed by atoms with Crippen molar-refractivity contribution >= 4 is 9.84 Å². The van der Waals surface area contributed by atoms with Crippen molar-refractivity contribution in [2.75, 3.05) is 0 Å². The number of nitrogens with zero attached hydrogens (tertiary/aromatic N) is 1. The van der Waals surface area contributed by atoms with Gasteiger partial charge >= 0.3 is 5.03 Å². The molecule has 0 aromatic heterocycles. The minimum Gasteiger partial charge on any atom is -0.258 e. The van der Waals surface area contributed by atoms with Crippen LogP contribution in [-0.2, 0) is 9.84 Å². The van der Waals surface area contributed by atoms with Gasteiger partial charge in [0.05, 0.1) is 9.82 Å². The van der Waals surface area contributed by atoms with Crippen LogP contribution in [-0.4, -0.2) is 13.3 Å². The highest BCUT2D eigenvalue weighted by atomic mass is 32.2. The first-order valence-corrected chi connectivity index (χ1v) is 5.08. The molecule has 0 heterocycles. The molecule has 5 nitrogen and oxygen atoms in total. The summed E-state index contributed by atoms with van der Waals surface area (Å²) >= 11 is 0. The van der Waals surface area contributed by atoms with E-state index < -0.39 is 19.8 Å². The summed E-state index contributed by atoms with van der Waals surface area (Å²) < 4.78 is 22.9. The first kappa shape index (κ1) is 10.4. The molecule has 0 saturated carbocycles. The number of hydrogen-bond donors (Lipinski definition) is 0. The minimum absolute atomic E-state index is 0.123. The van der Waals surface area contributed by atoms with E-state index in [1.54, 1.807) is 6.07 Å². The van der Waals surface area contributed by atoms with Gasteiger partial charge in [0.25, 0.3) is 9.84 Å². The van der Waals surface area contributed by atoms with Crippen molar-refractivity contribution < 1.29 is 13.3 Å². The van der Waals surface area contributed by atoms with E-state index in [2.05, 4.69) is 6.58 Å². The molecule has 0 N–H and O–H groups in total. The van der Waals surface area contributed by atoms with Gasteiger partial charge in [-0.1, -0.05) is 18.2 Å². The summed E-state index contributed by atoms with van der Waals surface area (Å²) in [5.41, 5.74) is 0. The number of nitro groups is 1. The zero-order valence-electron chi connectivity index (χ0n) is 7.08. The highest BCUT2D eigenvalue weighted by Gasteiger charge is 2.28. The monoisotopic (exact) mass is 213 g/mol.